The van der Waals surface area contributed by atoms with Crippen molar-refractivity contribution in [1.82, 2.24) is 13.3 Å². The van der Waals surface area contributed by atoms with E-state index >= 15 is 0 Å². The van der Waals surface area contributed by atoms with Gasteiger partial charge in [-0.15, -0.1) is 0 Å². The first-order chi connectivity index (χ1) is 11.0. The molecule has 1 atom stereocenters. The smallest absolute Gasteiger partial charge is 0.308 e. The summed E-state index contributed by atoms with van der Waals surface area (Å²) >= 11 is 0. The zero-order chi connectivity index (χ0) is 16.4. The summed E-state index contributed by atoms with van der Waals surface area (Å²) in [6, 6.07) is 7.87. The van der Waals surface area contributed by atoms with Crippen molar-refractivity contribution in [2.24, 2.45) is 0 Å². The topological polar surface area (TPSA) is 64.4 Å². The zero-order valence-corrected chi connectivity index (χ0v) is 14.2. The summed E-state index contributed by atoms with van der Waals surface area (Å²) in [6.07, 6.45) is 4.83. The summed E-state index contributed by atoms with van der Waals surface area (Å²) in [5.41, 5.74) is 1.12. The number of methoxy groups -OCH3 is 1. The van der Waals surface area contributed by atoms with E-state index in [1.54, 1.807) is 18.3 Å². The Bertz CT molecular complexity index is 785. The third kappa shape index (κ3) is 3.11. The minimum Gasteiger partial charge on any atom is -0.497 e. The summed E-state index contributed by atoms with van der Waals surface area (Å²) in [5, 5.41) is 0. The molecule has 0 saturated carbocycles. The highest BCUT2D eigenvalue weighted by Gasteiger charge is 2.31. The van der Waals surface area contributed by atoms with Gasteiger partial charge < -0.3 is 4.74 Å². The largest absolute Gasteiger partial charge is 0.497 e. The first-order valence-electron chi connectivity index (χ1n) is 7.67. The van der Waals surface area contributed by atoms with Gasteiger partial charge in [-0.1, -0.05) is 12.1 Å². The second kappa shape index (κ2) is 6.33. The number of piperidine rings is 1. The molecule has 0 unspecified atom stereocenters. The third-order valence-corrected chi connectivity index (χ3v) is 6.17. The summed E-state index contributed by atoms with van der Waals surface area (Å²) in [7, 11) is -1.91. The first kappa shape index (κ1) is 16.0. The molecule has 2 aromatic rings. The Kier molecular flexibility index (Phi) is 4.41. The Labute approximate surface area is 136 Å². The van der Waals surface area contributed by atoms with Crippen LogP contribution in [0.4, 0.5) is 0 Å². The van der Waals surface area contributed by atoms with E-state index in [0.29, 0.717) is 18.9 Å². The van der Waals surface area contributed by atoms with E-state index in [1.807, 2.05) is 24.3 Å². The van der Waals surface area contributed by atoms with Crippen molar-refractivity contribution in [3.8, 4) is 5.75 Å². The highest BCUT2D eigenvalue weighted by atomic mass is 32.2. The molecule has 0 spiro atoms. The third-order valence-electron chi connectivity index (χ3n) is 4.31. The fourth-order valence-electron chi connectivity index (χ4n) is 3.05. The molecular weight excluding hydrogens is 314 g/mol. The monoisotopic (exact) mass is 335 g/mol. The lowest BCUT2D eigenvalue weighted by molar-refractivity contribution is 0.312. The number of rotatable bonds is 4. The van der Waals surface area contributed by atoms with Crippen molar-refractivity contribution in [3.63, 3.8) is 0 Å². The molecule has 23 heavy (non-hydrogen) atoms. The molecule has 1 fully saturated rings. The van der Waals surface area contributed by atoms with Gasteiger partial charge in [-0.05, 0) is 43.4 Å². The number of imidazole rings is 1. The number of hydrogen-bond donors (Lipinski definition) is 0. The predicted octanol–water partition coefficient (Wildman–Crippen LogP) is 2.17. The Hall–Kier alpha value is -1.86. The Morgan fingerprint density at radius 1 is 1.35 bits per heavy atom. The van der Waals surface area contributed by atoms with Gasteiger partial charge in [0, 0.05) is 25.5 Å². The van der Waals surface area contributed by atoms with Gasteiger partial charge in [0.25, 0.3) is 0 Å². The van der Waals surface area contributed by atoms with Crippen LogP contribution in [0.5, 0.6) is 5.75 Å². The molecule has 3 rings (SSSR count). The first-order valence-corrected chi connectivity index (χ1v) is 9.06. The van der Waals surface area contributed by atoms with Crippen LogP contribution in [0.1, 0.15) is 30.1 Å². The van der Waals surface area contributed by atoms with Crippen molar-refractivity contribution < 1.29 is 13.2 Å². The molecule has 6 nitrogen and oxygen atoms in total. The molecular formula is C16H21N3O3S. The number of ether oxygens (including phenoxy) is 1. The molecule has 1 aromatic heterocycles. The highest BCUT2D eigenvalue weighted by molar-refractivity contribution is 7.87. The molecule has 1 aliphatic rings. The van der Waals surface area contributed by atoms with Crippen LogP contribution in [0, 0.1) is 6.92 Å². The van der Waals surface area contributed by atoms with Crippen LogP contribution in [0.25, 0.3) is 0 Å². The molecule has 0 amide bonds. The van der Waals surface area contributed by atoms with Gasteiger partial charge in [0.2, 0.25) is 0 Å². The number of aromatic nitrogens is 2. The van der Waals surface area contributed by atoms with Crippen LogP contribution in [0.3, 0.4) is 0 Å². The summed E-state index contributed by atoms with van der Waals surface area (Å²) in [4.78, 5) is 4.02. The average Bonchev–Trinajstić information content (AvgIpc) is 3.02. The SMILES string of the molecule is COc1cccc([C@@H]2CCCN(S(=O)(=O)n3ccnc3C)C2)c1. The van der Waals surface area contributed by atoms with Crippen LogP contribution >= 0.6 is 0 Å². The number of aryl methyl sites for hydroxylation is 1. The van der Waals surface area contributed by atoms with E-state index in [-0.39, 0.29) is 5.92 Å². The molecule has 0 aliphatic carbocycles. The fourth-order valence-corrected chi connectivity index (χ4v) is 4.62. The van der Waals surface area contributed by atoms with Crippen molar-refractivity contribution in [1.29, 1.82) is 0 Å². The maximum Gasteiger partial charge on any atom is 0.308 e. The standard InChI is InChI=1S/C16H21N3O3S/c1-13-17-8-10-19(13)23(20,21)18-9-4-6-15(12-18)14-5-3-7-16(11-14)22-2/h3,5,7-8,10-11,15H,4,6,9,12H2,1-2H3/t15-/m1/s1. The van der Waals surface area contributed by atoms with E-state index in [9.17, 15) is 8.42 Å². The van der Waals surface area contributed by atoms with Crippen molar-refractivity contribution >= 4 is 10.2 Å². The molecule has 1 saturated heterocycles. The fraction of sp³-hybridized carbons (Fsp3) is 0.438. The zero-order valence-electron chi connectivity index (χ0n) is 13.3. The maximum absolute atomic E-state index is 12.8. The average molecular weight is 335 g/mol. The van der Waals surface area contributed by atoms with Gasteiger partial charge in [0.15, 0.2) is 0 Å². The van der Waals surface area contributed by atoms with Gasteiger partial charge in [-0.3, -0.25) is 0 Å². The van der Waals surface area contributed by atoms with Crippen LogP contribution in [0.2, 0.25) is 0 Å². The van der Waals surface area contributed by atoms with E-state index in [2.05, 4.69) is 4.98 Å². The number of hydrogen-bond acceptors (Lipinski definition) is 4. The quantitative estimate of drug-likeness (QED) is 0.859. The molecule has 1 aromatic carbocycles. The molecule has 7 heteroatoms. The minimum absolute atomic E-state index is 0.178. The lowest BCUT2D eigenvalue weighted by Gasteiger charge is -2.32. The number of nitrogens with zero attached hydrogens (tertiary/aromatic N) is 3. The van der Waals surface area contributed by atoms with Crippen LogP contribution in [-0.2, 0) is 10.2 Å². The van der Waals surface area contributed by atoms with E-state index in [0.717, 1.165) is 24.2 Å². The Balaban J connectivity index is 1.85. The lowest BCUT2D eigenvalue weighted by atomic mass is 9.91. The van der Waals surface area contributed by atoms with E-state index in [1.165, 1.54) is 16.4 Å². The van der Waals surface area contributed by atoms with Crippen LogP contribution in [-0.4, -0.2) is 41.9 Å². The van der Waals surface area contributed by atoms with Crippen molar-refractivity contribution in [3.05, 3.63) is 48.0 Å². The number of benzene rings is 1. The van der Waals surface area contributed by atoms with Gasteiger partial charge in [0.05, 0.1) is 7.11 Å². The van der Waals surface area contributed by atoms with Gasteiger partial charge in [-0.2, -0.15) is 12.7 Å². The minimum atomic E-state index is -3.55. The highest BCUT2D eigenvalue weighted by Crippen LogP contribution is 2.30. The van der Waals surface area contributed by atoms with Crippen LogP contribution < -0.4 is 4.74 Å². The van der Waals surface area contributed by atoms with Gasteiger partial charge >= 0.3 is 10.2 Å². The van der Waals surface area contributed by atoms with Crippen molar-refractivity contribution in [2.45, 2.75) is 25.7 Å². The molecule has 2 heterocycles. The maximum atomic E-state index is 12.8. The normalized spacial score (nSPS) is 19.7. The van der Waals surface area contributed by atoms with E-state index in [4.69, 9.17) is 4.74 Å². The van der Waals surface area contributed by atoms with Crippen LogP contribution in [0.15, 0.2) is 36.7 Å². The molecule has 0 radical (unpaired) electrons. The summed E-state index contributed by atoms with van der Waals surface area (Å²) < 4.78 is 33.7. The predicted molar refractivity (Wildman–Crippen MR) is 87.8 cm³/mol. The molecule has 1 aliphatic heterocycles. The van der Waals surface area contributed by atoms with Gasteiger partial charge in [-0.25, -0.2) is 8.96 Å². The molecule has 124 valence electrons. The second-order valence-electron chi connectivity index (χ2n) is 5.75. The summed E-state index contributed by atoms with van der Waals surface area (Å²) in [6.45, 7) is 2.72. The second-order valence-corrected chi connectivity index (χ2v) is 7.56. The van der Waals surface area contributed by atoms with Gasteiger partial charge in [0.1, 0.15) is 11.6 Å². The lowest BCUT2D eigenvalue weighted by Crippen LogP contribution is -2.42. The molecule has 0 N–H and O–H groups in total. The van der Waals surface area contributed by atoms with Crippen molar-refractivity contribution in [2.75, 3.05) is 20.2 Å². The molecule has 0 bridgehead atoms. The summed E-state index contributed by atoms with van der Waals surface area (Å²) in [5.74, 6) is 1.46. The Morgan fingerprint density at radius 3 is 2.87 bits per heavy atom. The van der Waals surface area contributed by atoms with E-state index < -0.39 is 10.2 Å². The Morgan fingerprint density at radius 2 is 2.17 bits per heavy atom.